The summed E-state index contributed by atoms with van der Waals surface area (Å²) in [4.78, 5) is 0. The van der Waals surface area contributed by atoms with Crippen LogP contribution in [0.1, 0.15) is 24.2 Å². The molecule has 1 unspecified atom stereocenters. The third-order valence-corrected chi connectivity index (χ3v) is 3.22. The van der Waals surface area contributed by atoms with E-state index in [4.69, 9.17) is 0 Å². The zero-order valence-corrected chi connectivity index (χ0v) is 11.2. The highest BCUT2D eigenvalue weighted by atomic mass is 19.1. The van der Waals surface area contributed by atoms with Crippen LogP contribution in [-0.4, -0.2) is 16.8 Å². The molecule has 0 amide bonds. The van der Waals surface area contributed by atoms with Crippen molar-refractivity contribution >= 4 is 0 Å². The molecule has 1 atom stereocenters. The lowest BCUT2D eigenvalue weighted by Crippen LogP contribution is -2.13. The van der Waals surface area contributed by atoms with Gasteiger partial charge in [0.1, 0.15) is 5.82 Å². The second-order valence-electron chi connectivity index (χ2n) is 4.54. The van der Waals surface area contributed by atoms with Gasteiger partial charge < -0.3 is 5.32 Å². The molecule has 0 bridgehead atoms. The van der Waals surface area contributed by atoms with Crippen LogP contribution < -0.4 is 5.32 Å². The van der Waals surface area contributed by atoms with Gasteiger partial charge in [0.15, 0.2) is 0 Å². The third kappa shape index (κ3) is 2.29. The van der Waals surface area contributed by atoms with E-state index in [1.807, 2.05) is 33.3 Å². The second-order valence-corrected chi connectivity index (χ2v) is 4.54. The van der Waals surface area contributed by atoms with Gasteiger partial charge >= 0.3 is 0 Å². The van der Waals surface area contributed by atoms with E-state index in [0.717, 1.165) is 22.4 Å². The van der Waals surface area contributed by atoms with Gasteiger partial charge in [-0.1, -0.05) is 6.07 Å². The van der Waals surface area contributed by atoms with Crippen molar-refractivity contribution < 1.29 is 4.39 Å². The molecule has 0 saturated heterocycles. The van der Waals surface area contributed by atoms with Crippen LogP contribution in [0.2, 0.25) is 0 Å². The lowest BCUT2D eigenvalue weighted by molar-refractivity contribution is 0.620. The number of nitrogens with one attached hydrogen (secondary N) is 1. The molecule has 0 saturated carbocycles. The number of rotatable bonds is 3. The summed E-state index contributed by atoms with van der Waals surface area (Å²) in [6.07, 6.45) is 1.93. The summed E-state index contributed by atoms with van der Waals surface area (Å²) in [6.45, 7) is 4.00. The molecule has 18 heavy (non-hydrogen) atoms. The number of halogens is 1. The Hall–Kier alpha value is -1.68. The highest BCUT2D eigenvalue weighted by Gasteiger charge is 2.15. The zero-order chi connectivity index (χ0) is 13.3. The van der Waals surface area contributed by atoms with E-state index in [9.17, 15) is 4.39 Å². The Labute approximate surface area is 107 Å². The zero-order valence-electron chi connectivity index (χ0n) is 11.2. The normalized spacial score (nSPS) is 12.7. The quantitative estimate of drug-likeness (QED) is 0.904. The van der Waals surface area contributed by atoms with Crippen molar-refractivity contribution in [1.29, 1.82) is 0 Å². The van der Waals surface area contributed by atoms with Crippen LogP contribution in [0.25, 0.3) is 11.1 Å². The molecule has 96 valence electrons. The van der Waals surface area contributed by atoms with Crippen LogP contribution in [0.3, 0.4) is 0 Å². The first-order valence-corrected chi connectivity index (χ1v) is 6.00. The number of aryl methyl sites for hydroxylation is 2. The first-order valence-electron chi connectivity index (χ1n) is 6.00. The SMILES string of the molecule is CNC(C)c1ccc(F)cc1-c1cn(C)nc1C. The van der Waals surface area contributed by atoms with Crippen LogP contribution in [-0.2, 0) is 7.05 Å². The van der Waals surface area contributed by atoms with Gasteiger partial charge in [-0.15, -0.1) is 0 Å². The summed E-state index contributed by atoms with van der Waals surface area (Å²) in [5.74, 6) is -0.222. The molecule has 1 heterocycles. The van der Waals surface area contributed by atoms with E-state index < -0.39 is 0 Å². The molecule has 3 nitrogen and oxygen atoms in total. The molecule has 2 aromatic rings. The van der Waals surface area contributed by atoms with Crippen LogP contribution in [0.5, 0.6) is 0 Å². The van der Waals surface area contributed by atoms with Crippen molar-refractivity contribution in [3.63, 3.8) is 0 Å². The second kappa shape index (κ2) is 4.90. The summed E-state index contributed by atoms with van der Waals surface area (Å²) < 4.78 is 15.2. The van der Waals surface area contributed by atoms with Crippen molar-refractivity contribution in [3.05, 3.63) is 41.5 Å². The lowest BCUT2D eigenvalue weighted by atomic mass is 9.96. The standard InChI is InChI=1S/C14H18FN3/c1-9(16-3)12-6-5-11(15)7-13(12)14-8-18(4)17-10(14)2/h5-9,16H,1-4H3. The Bertz CT molecular complexity index is 560. The average Bonchev–Trinajstić information content (AvgIpc) is 2.67. The van der Waals surface area contributed by atoms with Gasteiger partial charge in [0, 0.05) is 24.8 Å². The summed E-state index contributed by atoms with van der Waals surface area (Å²) in [5, 5.41) is 7.50. The first-order chi connectivity index (χ1) is 8.52. The molecule has 0 aliphatic rings. The molecule has 0 spiro atoms. The molecule has 0 aliphatic carbocycles. The minimum Gasteiger partial charge on any atom is -0.313 e. The first kappa shape index (κ1) is 12.8. The maximum absolute atomic E-state index is 13.5. The Kier molecular flexibility index (Phi) is 3.48. The van der Waals surface area contributed by atoms with E-state index in [1.165, 1.54) is 6.07 Å². The molecule has 0 aliphatic heterocycles. The van der Waals surface area contributed by atoms with Crippen LogP contribution >= 0.6 is 0 Å². The number of nitrogens with zero attached hydrogens (tertiary/aromatic N) is 2. The largest absolute Gasteiger partial charge is 0.313 e. The van der Waals surface area contributed by atoms with Crippen LogP contribution in [0.15, 0.2) is 24.4 Å². The minimum atomic E-state index is -0.222. The average molecular weight is 247 g/mol. The molecule has 1 aromatic carbocycles. The van der Waals surface area contributed by atoms with Crippen LogP contribution in [0, 0.1) is 12.7 Å². The van der Waals surface area contributed by atoms with E-state index in [2.05, 4.69) is 17.3 Å². The molecule has 1 aromatic heterocycles. The van der Waals surface area contributed by atoms with E-state index >= 15 is 0 Å². The monoisotopic (exact) mass is 247 g/mol. The number of benzene rings is 1. The molecule has 2 rings (SSSR count). The highest BCUT2D eigenvalue weighted by Crippen LogP contribution is 2.30. The van der Waals surface area contributed by atoms with Crippen molar-refractivity contribution in [3.8, 4) is 11.1 Å². The molecule has 4 heteroatoms. The predicted octanol–water partition coefficient (Wildman–Crippen LogP) is 2.82. The van der Waals surface area contributed by atoms with Gasteiger partial charge in [0.25, 0.3) is 0 Å². The molecular formula is C14H18FN3. The summed E-state index contributed by atoms with van der Waals surface area (Å²) in [7, 11) is 3.77. The van der Waals surface area contributed by atoms with Crippen molar-refractivity contribution in [1.82, 2.24) is 15.1 Å². The van der Waals surface area contributed by atoms with Crippen molar-refractivity contribution in [2.75, 3.05) is 7.05 Å². The summed E-state index contributed by atoms with van der Waals surface area (Å²) in [5.41, 5.74) is 3.87. The molecule has 1 N–H and O–H groups in total. The van der Waals surface area contributed by atoms with Gasteiger partial charge in [0.2, 0.25) is 0 Å². The summed E-state index contributed by atoms with van der Waals surface area (Å²) in [6, 6.07) is 5.07. The fraction of sp³-hybridized carbons (Fsp3) is 0.357. The van der Waals surface area contributed by atoms with E-state index in [0.29, 0.717) is 0 Å². The smallest absolute Gasteiger partial charge is 0.123 e. The van der Waals surface area contributed by atoms with Gasteiger partial charge in [-0.2, -0.15) is 5.10 Å². The Morgan fingerprint density at radius 3 is 2.61 bits per heavy atom. The molecular weight excluding hydrogens is 229 g/mol. The third-order valence-electron chi connectivity index (χ3n) is 3.22. The van der Waals surface area contributed by atoms with Crippen molar-refractivity contribution in [2.24, 2.45) is 7.05 Å². The molecule has 0 radical (unpaired) electrons. The predicted molar refractivity (Wildman–Crippen MR) is 70.8 cm³/mol. The Morgan fingerprint density at radius 2 is 2.06 bits per heavy atom. The van der Waals surface area contributed by atoms with Gasteiger partial charge in [0.05, 0.1) is 5.69 Å². The van der Waals surface area contributed by atoms with Gasteiger partial charge in [-0.25, -0.2) is 4.39 Å². The fourth-order valence-corrected chi connectivity index (χ4v) is 2.16. The maximum atomic E-state index is 13.5. The number of aromatic nitrogens is 2. The topological polar surface area (TPSA) is 29.9 Å². The Morgan fingerprint density at radius 1 is 1.33 bits per heavy atom. The Balaban J connectivity index is 2.61. The maximum Gasteiger partial charge on any atom is 0.123 e. The van der Waals surface area contributed by atoms with Crippen LogP contribution in [0.4, 0.5) is 4.39 Å². The number of hydrogen-bond acceptors (Lipinski definition) is 2. The molecule has 0 fully saturated rings. The van der Waals surface area contributed by atoms with Crippen molar-refractivity contribution in [2.45, 2.75) is 19.9 Å². The fourth-order valence-electron chi connectivity index (χ4n) is 2.16. The lowest BCUT2D eigenvalue weighted by Gasteiger charge is -2.15. The minimum absolute atomic E-state index is 0.167. The number of hydrogen-bond donors (Lipinski definition) is 1. The van der Waals surface area contributed by atoms with E-state index in [1.54, 1.807) is 10.7 Å². The van der Waals surface area contributed by atoms with E-state index in [-0.39, 0.29) is 11.9 Å². The summed E-state index contributed by atoms with van der Waals surface area (Å²) >= 11 is 0. The van der Waals surface area contributed by atoms with Gasteiger partial charge in [-0.05, 0) is 44.2 Å². The highest BCUT2D eigenvalue weighted by molar-refractivity contribution is 5.69. The van der Waals surface area contributed by atoms with Gasteiger partial charge in [-0.3, -0.25) is 4.68 Å².